The summed E-state index contributed by atoms with van der Waals surface area (Å²) in [5.74, 6) is -0.732. The molecule has 136 valence electrons. The van der Waals surface area contributed by atoms with E-state index in [0.29, 0.717) is 11.4 Å². The summed E-state index contributed by atoms with van der Waals surface area (Å²) < 4.78 is 5.77. The minimum absolute atomic E-state index is 0.121. The van der Waals surface area contributed by atoms with Gasteiger partial charge < -0.3 is 15.2 Å². The smallest absolute Gasteiger partial charge is 0.335 e. The average Bonchev–Trinajstić information content (AvgIpc) is 2.65. The summed E-state index contributed by atoms with van der Waals surface area (Å²) in [7, 11) is 0. The van der Waals surface area contributed by atoms with Crippen molar-refractivity contribution in [2.24, 2.45) is 0 Å². The molecule has 0 spiro atoms. The van der Waals surface area contributed by atoms with Crippen LogP contribution in [0.5, 0.6) is 11.5 Å². The van der Waals surface area contributed by atoms with Crippen molar-refractivity contribution in [1.29, 1.82) is 0 Å². The van der Waals surface area contributed by atoms with Crippen molar-refractivity contribution < 1.29 is 19.4 Å². The highest BCUT2D eigenvalue weighted by atomic mass is 35.5. The molecule has 0 aliphatic heterocycles. The second-order valence-corrected chi connectivity index (χ2v) is 6.33. The number of carboxylic acid groups (broad SMARTS) is 1. The van der Waals surface area contributed by atoms with Gasteiger partial charge in [-0.3, -0.25) is 4.79 Å². The van der Waals surface area contributed by atoms with Crippen LogP contribution in [0.3, 0.4) is 0 Å². The van der Waals surface area contributed by atoms with E-state index in [9.17, 15) is 9.59 Å². The van der Waals surface area contributed by atoms with Crippen molar-refractivity contribution in [3.63, 3.8) is 0 Å². The van der Waals surface area contributed by atoms with Gasteiger partial charge in [0, 0.05) is 11.8 Å². The van der Waals surface area contributed by atoms with E-state index in [0.717, 1.165) is 0 Å². The van der Waals surface area contributed by atoms with E-state index in [1.807, 2.05) is 6.07 Å². The number of ether oxygens (including phenoxy) is 1. The van der Waals surface area contributed by atoms with Crippen LogP contribution in [0.25, 0.3) is 0 Å². The molecule has 0 aliphatic rings. The quantitative estimate of drug-likeness (QED) is 0.571. The van der Waals surface area contributed by atoms with E-state index < -0.39 is 11.9 Å². The monoisotopic (exact) mass is 401 g/mol. The Bertz CT molecular complexity index is 989. The largest absolute Gasteiger partial charge is 0.478 e. The zero-order chi connectivity index (χ0) is 19.4. The van der Waals surface area contributed by atoms with Gasteiger partial charge in [0.2, 0.25) is 0 Å². The van der Waals surface area contributed by atoms with Crippen LogP contribution in [-0.4, -0.2) is 17.0 Å². The Hall–Kier alpha value is -3.02. The standard InChI is InChI=1S/C20H13Cl2NO4/c21-16-10-15(18(11-17(16)22)27-14-4-2-1-3-5-14)19(24)23-13-8-6-12(7-9-13)20(25)26/h1-11H,(H,23,24)(H,25,26). The molecule has 0 fully saturated rings. The molecule has 0 aliphatic carbocycles. The first-order chi connectivity index (χ1) is 12.9. The summed E-state index contributed by atoms with van der Waals surface area (Å²) >= 11 is 12.1. The fourth-order valence-corrected chi connectivity index (χ4v) is 2.62. The number of halogens is 2. The van der Waals surface area contributed by atoms with Gasteiger partial charge in [0.05, 0.1) is 21.2 Å². The van der Waals surface area contributed by atoms with Gasteiger partial charge >= 0.3 is 5.97 Å². The van der Waals surface area contributed by atoms with Gasteiger partial charge in [0.25, 0.3) is 5.91 Å². The molecule has 7 heteroatoms. The minimum atomic E-state index is -1.05. The van der Waals surface area contributed by atoms with Crippen molar-refractivity contribution >= 4 is 40.8 Å². The van der Waals surface area contributed by atoms with Crippen molar-refractivity contribution in [2.75, 3.05) is 5.32 Å². The molecule has 0 saturated heterocycles. The highest BCUT2D eigenvalue weighted by molar-refractivity contribution is 6.42. The molecule has 27 heavy (non-hydrogen) atoms. The van der Waals surface area contributed by atoms with Crippen LogP contribution in [0.15, 0.2) is 66.7 Å². The predicted octanol–water partition coefficient (Wildman–Crippen LogP) is 5.74. The summed E-state index contributed by atoms with van der Waals surface area (Å²) in [5.41, 5.74) is 0.743. The second-order valence-electron chi connectivity index (χ2n) is 5.51. The van der Waals surface area contributed by atoms with E-state index in [1.165, 1.54) is 36.4 Å². The first-order valence-corrected chi connectivity index (χ1v) is 8.56. The molecule has 0 aromatic heterocycles. The second kappa shape index (κ2) is 8.12. The fraction of sp³-hybridized carbons (Fsp3) is 0. The van der Waals surface area contributed by atoms with Gasteiger partial charge in [-0.25, -0.2) is 4.79 Å². The molecule has 0 radical (unpaired) electrons. The number of carboxylic acids is 1. The molecule has 3 aromatic carbocycles. The molecule has 1 amide bonds. The molecule has 5 nitrogen and oxygen atoms in total. The molecule has 3 aromatic rings. The molecule has 0 saturated carbocycles. The Morgan fingerprint density at radius 2 is 1.52 bits per heavy atom. The molecule has 0 atom stereocenters. The number of para-hydroxylation sites is 1. The third-order valence-corrected chi connectivity index (χ3v) is 4.35. The van der Waals surface area contributed by atoms with Gasteiger partial charge in [-0.1, -0.05) is 41.4 Å². The Kier molecular flexibility index (Phi) is 5.64. The zero-order valence-electron chi connectivity index (χ0n) is 13.8. The van der Waals surface area contributed by atoms with Gasteiger partial charge in [-0.15, -0.1) is 0 Å². The molecular formula is C20H13Cl2NO4. The number of anilines is 1. The number of rotatable bonds is 5. The SMILES string of the molecule is O=C(O)c1ccc(NC(=O)c2cc(Cl)c(Cl)cc2Oc2ccccc2)cc1. The number of carbonyl (C=O) groups is 2. The van der Waals surface area contributed by atoms with Crippen molar-refractivity contribution in [2.45, 2.75) is 0 Å². The fourth-order valence-electron chi connectivity index (χ4n) is 2.30. The van der Waals surface area contributed by atoms with Crippen LogP contribution in [0.4, 0.5) is 5.69 Å². The molecule has 0 bridgehead atoms. The number of carbonyl (C=O) groups excluding carboxylic acids is 1. The topological polar surface area (TPSA) is 75.6 Å². The summed E-state index contributed by atoms with van der Waals surface area (Å²) in [5, 5.41) is 12.1. The Morgan fingerprint density at radius 3 is 2.15 bits per heavy atom. The Balaban J connectivity index is 1.88. The van der Waals surface area contributed by atoms with Crippen LogP contribution >= 0.6 is 23.2 Å². The van der Waals surface area contributed by atoms with E-state index >= 15 is 0 Å². The maximum absolute atomic E-state index is 12.7. The average molecular weight is 402 g/mol. The maximum atomic E-state index is 12.7. The lowest BCUT2D eigenvalue weighted by molar-refractivity contribution is 0.0696. The molecule has 2 N–H and O–H groups in total. The van der Waals surface area contributed by atoms with Gasteiger partial charge in [0.15, 0.2) is 0 Å². The van der Waals surface area contributed by atoms with Crippen LogP contribution < -0.4 is 10.1 Å². The van der Waals surface area contributed by atoms with Crippen LogP contribution in [0, 0.1) is 0 Å². The lowest BCUT2D eigenvalue weighted by Gasteiger charge is -2.13. The van der Waals surface area contributed by atoms with Gasteiger partial charge in [0.1, 0.15) is 11.5 Å². The van der Waals surface area contributed by atoms with Gasteiger partial charge in [-0.05, 0) is 42.5 Å². The lowest BCUT2D eigenvalue weighted by Crippen LogP contribution is -2.13. The van der Waals surface area contributed by atoms with Crippen LogP contribution in [-0.2, 0) is 0 Å². The first kappa shape index (κ1) is 18.8. The highest BCUT2D eigenvalue weighted by Crippen LogP contribution is 2.34. The lowest BCUT2D eigenvalue weighted by atomic mass is 10.1. The predicted molar refractivity (Wildman–Crippen MR) is 104 cm³/mol. The number of amides is 1. The third kappa shape index (κ3) is 4.58. The van der Waals surface area contributed by atoms with Crippen molar-refractivity contribution in [1.82, 2.24) is 0 Å². The van der Waals surface area contributed by atoms with E-state index in [2.05, 4.69) is 5.32 Å². The van der Waals surface area contributed by atoms with E-state index in [4.69, 9.17) is 33.0 Å². The number of benzene rings is 3. The van der Waals surface area contributed by atoms with Gasteiger partial charge in [-0.2, -0.15) is 0 Å². The number of aromatic carboxylic acids is 1. The third-order valence-electron chi connectivity index (χ3n) is 3.63. The number of hydrogen-bond donors (Lipinski definition) is 2. The Morgan fingerprint density at radius 1 is 0.889 bits per heavy atom. The summed E-state index contributed by atoms with van der Waals surface area (Å²) in [6.45, 7) is 0. The molecule has 0 unspecified atom stereocenters. The zero-order valence-corrected chi connectivity index (χ0v) is 15.3. The highest BCUT2D eigenvalue weighted by Gasteiger charge is 2.17. The minimum Gasteiger partial charge on any atom is -0.478 e. The van der Waals surface area contributed by atoms with E-state index in [-0.39, 0.29) is 26.9 Å². The van der Waals surface area contributed by atoms with Crippen molar-refractivity contribution in [3.05, 3.63) is 87.9 Å². The maximum Gasteiger partial charge on any atom is 0.335 e. The van der Waals surface area contributed by atoms with E-state index in [1.54, 1.807) is 24.3 Å². The normalized spacial score (nSPS) is 10.3. The Labute approximate surface area is 165 Å². The van der Waals surface area contributed by atoms with Crippen LogP contribution in [0.2, 0.25) is 10.0 Å². The summed E-state index contributed by atoms with van der Waals surface area (Å²) in [6, 6.07) is 17.6. The molecule has 0 heterocycles. The molecule has 3 rings (SSSR count). The van der Waals surface area contributed by atoms with Crippen molar-refractivity contribution in [3.8, 4) is 11.5 Å². The summed E-state index contributed by atoms with van der Waals surface area (Å²) in [6.07, 6.45) is 0. The summed E-state index contributed by atoms with van der Waals surface area (Å²) in [4.78, 5) is 23.6. The van der Waals surface area contributed by atoms with Crippen LogP contribution in [0.1, 0.15) is 20.7 Å². The number of nitrogens with one attached hydrogen (secondary N) is 1. The first-order valence-electron chi connectivity index (χ1n) is 7.80. The number of hydrogen-bond acceptors (Lipinski definition) is 3. The molecular weight excluding hydrogens is 389 g/mol.